The predicted molar refractivity (Wildman–Crippen MR) is 98.0 cm³/mol. The number of nitrogens with one attached hydrogen (secondary N) is 2. The highest BCUT2D eigenvalue weighted by atomic mass is 19.1. The first-order valence-corrected chi connectivity index (χ1v) is 8.12. The first kappa shape index (κ1) is 19.5. The van der Waals surface area contributed by atoms with Crippen LogP contribution in [0.2, 0.25) is 0 Å². The van der Waals surface area contributed by atoms with Crippen molar-refractivity contribution in [2.75, 3.05) is 11.9 Å². The van der Waals surface area contributed by atoms with E-state index in [1.807, 2.05) is 0 Å². The molecule has 1 fully saturated rings. The number of hydrogen-bond acceptors (Lipinski definition) is 6. The highest BCUT2D eigenvalue weighted by molar-refractivity contribution is 6.16. The summed E-state index contributed by atoms with van der Waals surface area (Å²) in [5, 5.41) is 25.1. The highest BCUT2D eigenvalue weighted by Crippen LogP contribution is 2.26. The Kier molecular flexibility index (Phi) is 5.21. The third-order valence-corrected chi connectivity index (χ3v) is 3.92. The second-order valence-electron chi connectivity index (χ2n) is 5.91. The van der Waals surface area contributed by atoms with E-state index < -0.39 is 40.8 Å². The van der Waals surface area contributed by atoms with Crippen molar-refractivity contribution >= 4 is 35.3 Å². The van der Waals surface area contributed by atoms with Crippen molar-refractivity contribution < 1.29 is 28.8 Å². The van der Waals surface area contributed by atoms with Gasteiger partial charge in [-0.1, -0.05) is 12.1 Å². The summed E-state index contributed by atoms with van der Waals surface area (Å²) >= 11 is 0. The van der Waals surface area contributed by atoms with Crippen molar-refractivity contribution in [3.8, 4) is 5.75 Å². The third-order valence-electron chi connectivity index (χ3n) is 3.92. The number of carbonyl (C=O) groups is 3. The molecule has 0 aliphatic carbocycles. The molecule has 1 saturated heterocycles. The zero-order valence-electron chi connectivity index (χ0n) is 14.6. The number of carbonyl (C=O) groups excluding carboxylic acids is 3. The van der Waals surface area contributed by atoms with E-state index in [9.17, 15) is 34.0 Å². The van der Waals surface area contributed by atoms with Crippen LogP contribution in [0.15, 0.2) is 48.2 Å². The average molecular weight is 400 g/mol. The summed E-state index contributed by atoms with van der Waals surface area (Å²) in [5.74, 6) is -2.69. The zero-order valence-corrected chi connectivity index (χ0v) is 14.6. The number of halogens is 1. The van der Waals surface area contributed by atoms with Gasteiger partial charge in [-0.05, 0) is 30.3 Å². The monoisotopic (exact) mass is 400 g/mol. The number of imide groups is 1. The molecular formula is C18H13FN4O6. The number of benzene rings is 2. The molecule has 3 rings (SSSR count). The first-order chi connectivity index (χ1) is 13.8. The second kappa shape index (κ2) is 7.76. The summed E-state index contributed by atoms with van der Waals surface area (Å²) < 4.78 is 13.6. The lowest BCUT2D eigenvalue weighted by Crippen LogP contribution is -2.38. The maximum Gasteiger partial charge on any atom is 0.329 e. The molecule has 0 atom stereocenters. The number of rotatable bonds is 5. The fourth-order valence-corrected chi connectivity index (χ4v) is 2.59. The number of aromatic hydroxyl groups is 1. The summed E-state index contributed by atoms with van der Waals surface area (Å²) in [6.45, 7) is -0.696. The Morgan fingerprint density at radius 1 is 1.28 bits per heavy atom. The lowest BCUT2D eigenvalue weighted by atomic mass is 10.1. The predicted octanol–water partition coefficient (Wildman–Crippen LogP) is 1.97. The number of urea groups is 1. The van der Waals surface area contributed by atoms with E-state index in [0.717, 1.165) is 30.3 Å². The van der Waals surface area contributed by atoms with Gasteiger partial charge in [-0.25, -0.2) is 14.1 Å². The Morgan fingerprint density at radius 3 is 2.69 bits per heavy atom. The van der Waals surface area contributed by atoms with Gasteiger partial charge in [0.25, 0.3) is 11.6 Å². The number of nitro groups is 1. The van der Waals surface area contributed by atoms with Crippen LogP contribution in [0, 0.1) is 15.9 Å². The van der Waals surface area contributed by atoms with Crippen molar-refractivity contribution in [1.29, 1.82) is 0 Å². The van der Waals surface area contributed by atoms with Crippen molar-refractivity contribution in [3.05, 3.63) is 69.7 Å². The molecule has 29 heavy (non-hydrogen) atoms. The third kappa shape index (κ3) is 4.18. The normalized spacial score (nSPS) is 14.8. The number of nitro benzene ring substituents is 1. The lowest BCUT2D eigenvalue weighted by Gasteiger charge is -2.12. The van der Waals surface area contributed by atoms with E-state index in [0.29, 0.717) is 4.90 Å². The van der Waals surface area contributed by atoms with Crippen LogP contribution >= 0.6 is 0 Å². The number of phenolic OH excluding ortho intramolecular Hbond substituents is 1. The van der Waals surface area contributed by atoms with Crippen LogP contribution in [0.3, 0.4) is 0 Å². The number of amides is 4. The molecule has 0 saturated carbocycles. The Hall–Kier alpha value is -4.28. The molecule has 0 unspecified atom stereocenters. The second-order valence-corrected chi connectivity index (χ2v) is 5.91. The SMILES string of the molecule is O=C(CN1C(=O)N/C(=C/c2cc(O)ccc2[N+](=O)[O-])C1=O)Nc1ccccc1F. The van der Waals surface area contributed by atoms with E-state index in [1.54, 1.807) is 0 Å². The van der Waals surface area contributed by atoms with Gasteiger partial charge in [0.2, 0.25) is 5.91 Å². The Balaban J connectivity index is 1.79. The Labute approximate surface area is 162 Å². The largest absolute Gasteiger partial charge is 0.508 e. The quantitative estimate of drug-likeness (QED) is 0.303. The average Bonchev–Trinajstić information content (AvgIpc) is 2.91. The van der Waals surface area contributed by atoms with Gasteiger partial charge >= 0.3 is 6.03 Å². The van der Waals surface area contributed by atoms with E-state index in [-0.39, 0.29) is 22.7 Å². The number of nitrogens with zero attached hydrogens (tertiary/aromatic N) is 2. The molecular weight excluding hydrogens is 387 g/mol. The van der Waals surface area contributed by atoms with Crippen LogP contribution in [0.1, 0.15) is 5.56 Å². The van der Waals surface area contributed by atoms with Gasteiger partial charge in [-0.3, -0.25) is 19.7 Å². The molecule has 2 aromatic rings. The maximum absolute atomic E-state index is 13.6. The molecule has 0 radical (unpaired) electrons. The van der Waals surface area contributed by atoms with Gasteiger partial charge in [0, 0.05) is 6.07 Å². The summed E-state index contributed by atoms with van der Waals surface area (Å²) in [4.78, 5) is 47.5. The van der Waals surface area contributed by atoms with Crippen molar-refractivity contribution in [2.45, 2.75) is 0 Å². The van der Waals surface area contributed by atoms with Crippen LogP contribution in [0.5, 0.6) is 5.75 Å². The molecule has 1 aliphatic rings. The summed E-state index contributed by atoms with van der Waals surface area (Å²) in [6, 6.07) is 7.65. The van der Waals surface area contributed by atoms with Crippen molar-refractivity contribution in [3.63, 3.8) is 0 Å². The minimum Gasteiger partial charge on any atom is -0.508 e. The van der Waals surface area contributed by atoms with Gasteiger partial charge in [0.1, 0.15) is 23.8 Å². The molecule has 148 valence electrons. The van der Waals surface area contributed by atoms with Crippen LogP contribution < -0.4 is 10.6 Å². The van der Waals surface area contributed by atoms with Gasteiger partial charge in [-0.15, -0.1) is 0 Å². The summed E-state index contributed by atoms with van der Waals surface area (Å²) in [6.07, 6.45) is 1.02. The molecule has 1 heterocycles. The molecule has 4 amide bonds. The van der Waals surface area contributed by atoms with Gasteiger partial charge < -0.3 is 15.7 Å². The first-order valence-electron chi connectivity index (χ1n) is 8.12. The smallest absolute Gasteiger partial charge is 0.329 e. The lowest BCUT2D eigenvalue weighted by molar-refractivity contribution is -0.385. The zero-order chi connectivity index (χ0) is 21.1. The Bertz CT molecular complexity index is 1070. The minimum absolute atomic E-state index is 0.115. The Morgan fingerprint density at radius 2 is 2.00 bits per heavy atom. The molecule has 11 heteroatoms. The summed E-state index contributed by atoms with van der Waals surface area (Å²) in [7, 11) is 0. The number of para-hydroxylation sites is 1. The van der Waals surface area contributed by atoms with Crippen LogP contribution in [-0.2, 0) is 9.59 Å². The van der Waals surface area contributed by atoms with E-state index in [4.69, 9.17) is 0 Å². The van der Waals surface area contributed by atoms with Crippen molar-refractivity contribution in [1.82, 2.24) is 10.2 Å². The van der Waals surface area contributed by atoms with Gasteiger partial charge in [0.15, 0.2) is 0 Å². The number of phenols is 1. The van der Waals surface area contributed by atoms with Crippen molar-refractivity contribution in [2.24, 2.45) is 0 Å². The topological polar surface area (TPSA) is 142 Å². The van der Waals surface area contributed by atoms with E-state index in [2.05, 4.69) is 10.6 Å². The fraction of sp³-hybridized carbons (Fsp3) is 0.0556. The van der Waals surface area contributed by atoms with Gasteiger partial charge in [0.05, 0.1) is 16.2 Å². The van der Waals surface area contributed by atoms with E-state index >= 15 is 0 Å². The summed E-state index contributed by atoms with van der Waals surface area (Å²) in [5.41, 5.74) is -0.942. The molecule has 1 aliphatic heterocycles. The highest BCUT2D eigenvalue weighted by Gasteiger charge is 2.35. The van der Waals surface area contributed by atoms with Gasteiger partial charge in [-0.2, -0.15) is 0 Å². The van der Waals surface area contributed by atoms with E-state index in [1.165, 1.54) is 18.2 Å². The maximum atomic E-state index is 13.6. The number of hydrogen-bond donors (Lipinski definition) is 3. The van der Waals surface area contributed by atoms with Crippen LogP contribution in [0.4, 0.5) is 20.6 Å². The molecule has 0 bridgehead atoms. The van der Waals surface area contributed by atoms with Crippen LogP contribution in [-0.4, -0.2) is 39.3 Å². The molecule has 0 spiro atoms. The minimum atomic E-state index is -0.923. The standard InChI is InChI=1S/C18H13FN4O6/c19-12-3-1-2-4-13(12)20-16(25)9-22-17(26)14(21-18(22)27)8-10-7-11(24)5-6-15(10)23(28)29/h1-8,24H,9H2,(H,20,25)(H,21,27)/b14-8+. The molecule has 2 aromatic carbocycles. The molecule has 0 aromatic heterocycles. The molecule has 3 N–H and O–H groups in total. The van der Waals surface area contributed by atoms with Crippen LogP contribution in [0.25, 0.3) is 6.08 Å². The molecule has 10 nitrogen and oxygen atoms in total. The fourth-order valence-electron chi connectivity index (χ4n) is 2.59. The number of anilines is 1.